The van der Waals surface area contributed by atoms with Crippen LogP contribution in [0.2, 0.25) is 10.0 Å². The van der Waals surface area contributed by atoms with Crippen molar-refractivity contribution in [3.05, 3.63) is 33.8 Å². The summed E-state index contributed by atoms with van der Waals surface area (Å²) in [5.41, 5.74) is 0.824. The molecule has 1 aliphatic rings. The topological polar surface area (TPSA) is 18.5 Å². The van der Waals surface area contributed by atoms with Gasteiger partial charge in [0.05, 0.1) is 25.4 Å². The molecule has 1 aromatic carbocycles. The van der Waals surface area contributed by atoms with Crippen LogP contribution in [0.5, 0.6) is 0 Å². The van der Waals surface area contributed by atoms with Gasteiger partial charge in [-0.2, -0.15) is 0 Å². The highest BCUT2D eigenvalue weighted by Crippen LogP contribution is 2.26. The van der Waals surface area contributed by atoms with E-state index in [0.29, 0.717) is 29.1 Å². The molecule has 2 nitrogen and oxygen atoms in total. The number of alkyl halides is 1. The quantitative estimate of drug-likeness (QED) is 0.784. The van der Waals surface area contributed by atoms with E-state index in [1.54, 1.807) is 12.1 Å². The lowest BCUT2D eigenvalue weighted by Crippen LogP contribution is -2.13. The van der Waals surface area contributed by atoms with E-state index >= 15 is 0 Å². The summed E-state index contributed by atoms with van der Waals surface area (Å²) in [6, 6.07) is 5.42. The van der Waals surface area contributed by atoms with Crippen LogP contribution in [-0.2, 0) is 16.1 Å². The molecule has 17 heavy (non-hydrogen) atoms. The minimum Gasteiger partial charge on any atom is -0.374 e. The molecule has 2 atom stereocenters. The number of hydrogen-bond donors (Lipinski definition) is 0. The molecule has 5 heteroatoms. The van der Waals surface area contributed by atoms with Gasteiger partial charge >= 0.3 is 0 Å². The molecule has 1 aliphatic heterocycles. The molecule has 1 aromatic rings. The van der Waals surface area contributed by atoms with Gasteiger partial charge in [0.25, 0.3) is 0 Å². The molecule has 0 aliphatic carbocycles. The smallest absolute Gasteiger partial charge is 0.0838 e. The van der Waals surface area contributed by atoms with E-state index in [1.165, 1.54) is 0 Å². The third kappa shape index (κ3) is 3.49. The fraction of sp³-hybridized carbons (Fsp3) is 0.500. The van der Waals surface area contributed by atoms with Crippen molar-refractivity contribution in [2.24, 2.45) is 0 Å². The summed E-state index contributed by atoms with van der Waals surface area (Å²) in [7, 11) is 0. The molecule has 0 aromatic heterocycles. The Morgan fingerprint density at radius 1 is 1.29 bits per heavy atom. The van der Waals surface area contributed by atoms with E-state index in [-0.39, 0.29) is 12.2 Å². The first-order valence-electron chi connectivity index (χ1n) is 5.42. The second-order valence-electron chi connectivity index (χ2n) is 3.98. The molecule has 94 valence electrons. The summed E-state index contributed by atoms with van der Waals surface area (Å²) in [6.45, 7) is 0.987. The van der Waals surface area contributed by atoms with Gasteiger partial charge in [-0.1, -0.05) is 29.3 Å². The van der Waals surface area contributed by atoms with Crippen LogP contribution in [0.1, 0.15) is 12.0 Å². The van der Waals surface area contributed by atoms with Crippen LogP contribution in [0, 0.1) is 0 Å². The normalized spacial score (nSPS) is 24.2. The molecule has 0 N–H and O–H groups in total. The maximum atomic E-state index is 6.05. The van der Waals surface area contributed by atoms with Gasteiger partial charge in [0.1, 0.15) is 0 Å². The number of rotatable bonds is 4. The summed E-state index contributed by atoms with van der Waals surface area (Å²) >= 11 is 17.8. The zero-order valence-electron chi connectivity index (χ0n) is 9.17. The second kappa shape index (κ2) is 6.26. The SMILES string of the molecule is ClCC1CC(OCc2c(Cl)cccc2Cl)CO1. The summed E-state index contributed by atoms with van der Waals surface area (Å²) in [5.74, 6) is 0.507. The highest BCUT2D eigenvalue weighted by molar-refractivity contribution is 6.35. The first-order valence-corrected chi connectivity index (χ1v) is 6.71. The fourth-order valence-corrected chi connectivity index (χ4v) is 2.49. The Morgan fingerprint density at radius 3 is 2.59 bits per heavy atom. The monoisotopic (exact) mass is 294 g/mol. The van der Waals surface area contributed by atoms with Gasteiger partial charge in [-0.3, -0.25) is 0 Å². The first kappa shape index (κ1) is 13.4. The van der Waals surface area contributed by atoms with Crippen LogP contribution in [0.4, 0.5) is 0 Å². The molecule has 2 unspecified atom stereocenters. The fourth-order valence-electron chi connectivity index (χ4n) is 1.77. The molecule has 0 radical (unpaired) electrons. The molecule has 0 bridgehead atoms. The third-order valence-corrected chi connectivity index (χ3v) is 3.79. The number of hydrogen-bond acceptors (Lipinski definition) is 2. The van der Waals surface area contributed by atoms with Crippen molar-refractivity contribution in [2.75, 3.05) is 12.5 Å². The van der Waals surface area contributed by atoms with Crippen molar-refractivity contribution in [3.8, 4) is 0 Å². The van der Waals surface area contributed by atoms with Gasteiger partial charge in [-0.25, -0.2) is 0 Å². The standard InChI is InChI=1S/C12H13Cl3O2/c13-5-8-4-9(6-16-8)17-7-10-11(14)2-1-3-12(10)15/h1-3,8-9H,4-7H2. The molecular weight excluding hydrogens is 282 g/mol. The number of halogens is 3. The molecule has 1 heterocycles. The number of ether oxygens (including phenoxy) is 2. The molecule has 1 saturated heterocycles. The van der Waals surface area contributed by atoms with Gasteiger partial charge in [-0.15, -0.1) is 11.6 Å². The van der Waals surface area contributed by atoms with Crippen LogP contribution >= 0.6 is 34.8 Å². The second-order valence-corrected chi connectivity index (χ2v) is 5.10. The van der Waals surface area contributed by atoms with Crippen molar-refractivity contribution in [3.63, 3.8) is 0 Å². The summed E-state index contributed by atoms with van der Waals surface area (Å²) in [6.07, 6.45) is 1.00. The Labute approximate surface area is 116 Å². The average Bonchev–Trinajstić information content (AvgIpc) is 2.76. The minimum absolute atomic E-state index is 0.0751. The van der Waals surface area contributed by atoms with Gasteiger partial charge in [-0.05, 0) is 12.1 Å². The molecule has 2 rings (SSSR count). The Morgan fingerprint density at radius 2 is 2.00 bits per heavy atom. The lowest BCUT2D eigenvalue weighted by Gasteiger charge is -2.12. The van der Waals surface area contributed by atoms with E-state index in [0.717, 1.165) is 12.0 Å². The minimum atomic E-state index is 0.0751. The third-order valence-electron chi connectivity index (χ3n) is 2.74. The van der Waals surface area contributed by atoms with E-state index in [4.69, 9.17) is 44.3 Å². The summed E-state index contributed by atoms with van der Waals surface area (Å²) < 4.78 is 11.2. The Kier molecular flexibility index (Phi) is 4.95. The Hall–Kier alpha value is 0.01000. The van der Waals surface area contributed by atoms with Crippen LogP contribution in [-0.4, -0.2) is 24.7 Å². The zero-order valence-corrected chi connectivity index (χ0v) is 11.4. The van der Waals surface area contributed by atoms with Crippen molar-refractivity contribution in [1.82, 2.24) is 0 Å². The highest BCUT2D eigenvalue weighted by Gasteiger charge is 2.25. The largest absolute Gasteiger partial charge is 0.374 e. The summed E-state index contributed by atoms with van der Waals surface area (Å²) in [4.78, 5) is 0. The summed E-state index contributed by atoms with van der Waals surface area (Å²) in [5, 5.41) is 1.26. The van der Waals surface area contributed by atoms with Crippen LogP contribution in [0.3, 0.4) is 0 Å². The molecule has 1 fully saturated rings. The van der Waals surface area contributed by atoms with Gasteiger partial charge in [0.2, 0.25) is 0 Å². The van der Waals surface area contributed by atoms with E-state index in [9.17, 15) is 0 Å². The van der Waals surface area contributed by atoms with Crippen LogP contribution < -0.4 is 0 Å². The predicted molar refractivity (Wildman–Crippen MR) is 70.1 cm³/mol. The average molecular weight is 296 g/mol. The molecular formula is C12H13Cl3O2. The molecule has 0 spiro atoms. The Bertz CT molecular complexity index is 364. The van der Waals surface area contributed by atoms with E-state index < -0.39 is 0 Å². The first-order chi connectivity index (χ1) is 8.20. The van der Waals surface area contributed by atoms with Gasteiger partial charge < -0.3 is 9.47 Å². The van der Waals surface area contributed by atoms with Crippen molar-refractivity contribution in [2.45, 2.75) is 25.2 Å². The lowest BCUT2D eigenvalue weighted by molar-refractivity contribution is 0.0288. The lowest BCUT2D eigenvalue weighted by atomic mass is 10.2. The molecule has 0 saturated carbocycles. The van der Waals surface area contributed by atoms with Crippen LogP contribution in [0.15, 0.2) is 18.2 Å². The van der Waals surface area contributed by atoms with E-state index in [1.807, 2.05) is 6.07 Å². The Balaban J connectivity index is 1.90. The van der Waals surface area contributed by atoms with Gasteiger partial charge in [0.15, 0.2) is 0 Å². The predicted octanol–water partition coefficient (Wildman–Crippen LogP) is 3.91. The maximum absolute atomic E-state index is 6.05. The number of benzene rings is 1. The van der Waals surface area contributed by atoms with E-state index in [2.05, 4.69) is 0 Å². The maximum Gasteiger partial charge on any atom is 0.0838 e. The van der Waals surface area contributed by atoms with Crippen LogP contribution in [0.25, 0.3) is 0 Å². The van der Waals surface area contributed by atoms with Crippen molar-refractivity contribution < 1.29 is 9.47 Å². The van der Waals surface area contributed by atoms with Crippen molar-refractivity contribution >= 4 is 34.8 Å². The van der Waals surface area contributed by atoms with Crippen molar-refractivity contribution in [1.29, 1.82) is 0 Å². The highest BCUT2D eigenvalue weighted by atomic mass is 35.5. The molecule has 0 amide bonds. The zero-order chi connectivity index (χ0) is 12.3. The van der Waals surface area contributed by atoms with Gasteiger partial charge in [0, 0.05) is 27.9 Å².